The molecule has 0 aliphatic carbocycles. The van der Waals surface area contributed by atoms with Crippen LogP contribution in [-0.4, -0.2) is 24.6 Å². The van der Waals surface area contributed by atoms with Crippen molar-refractivity contribution in [1.82, 2.24) is 10.7 Å². The van der Waals surface area contributed by atoms with Crippen molar-refractivity contribution in [2.75, 3.05) is 6.54 Å². The third-order valence-electron chi connectivity index (χ3n) is 3.10. The second kappa shape index (κ2) is 7.51. The maximum Gasteiger partial charge on any atom is 0.259 e. The maximum absolute atomic E-state index is 11.9. The molecule has 0 aliphatic heterocycles. The van der Waals surface area contributed by atoms with E-state index in [1.165, 1.54) is 11.3 Å². The largest absolute Gasteiger partial charge is 0.343 e. The molecule has 0 atom stereocenters. The third-order valence-corrected chi connectivity index (χ3v) is 3.91. The molecule has 114 valence electrons. The molecule has 2 amide bonds. The Bertz CT molecular complexity index is 693. The van der Waals surface area contributed by atoms with Crippen molar-refractivity contribution < 1.29 is 9.59 Å². The molecule has 1 aromatic heterocycles. The van der Waals surface area contributed by atoms with Crippen molar-refractivity contribution in [1.29, 1.82) is 0 Å². The molecular weight excluding hydrogens is 298 g/mol. The molecule has 2 aromatic rings. The van der Waals surface area contributed by atoms with Crippen molar-refractivity contribution >= 4 is 29.4 Å². The van der Waals surface area contributed by atoms with E-state index in [1.807, 2.05) is 37.4 Å². The molecule has 6 heteroatoms. The molecule has 0 aliphatic rings. The van der Waals surface area contributed by atoms with Crippen LogP contribution in [0.5, 0.6) is 0 Å². The summed E-state index contributed by atoms with van der Waals surface area (Å²) in [6.07, 6.45) is 1.56. The average molecular weight is 315 g/mol. The number of nitrogens with one attached hydrogen (secondary N) is 2. The maximum atomic E-state index is 11.9. The summed E-state index contributed by atoms with van der Waals surface area (Å²) in [6.45, 7) is 3.81. The smallest absolute Gasteiger partial charge is 0.259 e. The van der Waals surface area contributed by atoms with E-state index >= 15 is 0 Å². The minimum Gasteiger partial charge on any atom is -0.343 e. The Morgan fingerprint density at radius 1 is 1.23 bits per heavy atom. The number of carbonyl (C=O) groups excluding carboxylic acids is 2. The first-order valence-corrected chi connectivity index (χ1v) is 7.65. The molecule has 2 rings (SSSR count). The van der Waals surface area contributed by atoms with Crippen LogP contribution in [-0.2, 0) is 4.79 Å². The summed E-state index contributed by atoms with van der Waals surface area (Å²) >= 11 is 1.52. The Morgan fingerprint density at radius 3 is 2.73 bits per heavy atom. The van der Waals surface area contributed by atoms with Gasteiger partial charge in [-0.25, -0.2) is 5.43 Å². The number of rotatable bonds is 5. The fourth-order valence-electron chi connectivity index (χ4n) is 1.72. The van der Waals surface area contributed by atoms with Crippen LogP contribution in [0, 0.1) is 13.8 Å². The van der Waals surface area contributed by atoms with Gasteiger partial charge in [0, 0.05) is 10.4 Å². The zero-order valence-electron chi connectivity index (χ0n) is 12.4. The highest BCUT2D eigenvalue weighted by Gasteiger charge is 2.08. The topological polar surface area (TPSA) is 70.6 Å². The van der Waals surface area contributed by atoms with E-state index in [1.54, 1.807) is 18.3 Å². The average Bonchev–Trinajstić information content (AvgIpc) is 3.01. The van der Waals surface area contributed by atoms with Gasteiger partial charge < -0.3 is 5.32 Å². The minimum atomic E-state index is -0.370. The van der Waals surface area contributed by atoms with Crippen LogP contribution in [0.3, 0.4) is 0 Å². The summed E-state index contributed by atoms with van der Waals surface area (Å²) in [5.74, 6) is -0.648. The number of hydrogen-bond donors (Lipinski definition) is 2. The van der Waals surface area contributed by atoms with Gasteiger partial charge in [0.15, 0.2) is 0 Å². The molecule has 22 heavy (non-hydrogen) atoms. The summed E-state index contributed by atoms with van der Waals surface area (Å²) in [5, 5.41) is 8.32. The van der Waals surface area contributed by atoms with E-state index < -0.39 is 0 Å². The Kier molecular flexibility index (Phi) is 5.43. The van der Waals surface area contributed by atoms with Gasteiger partial charge in [-0.3, -0.25) is 9.59 Å². The zero-order valence-corrected chi connectivity index (χ0v) is 13.2. The van der Waals surface area contributed by atoms with Gasteiger partial charge in [-0.05, 0) is 48.6 Å². The molecule has 0 saturated carbocycles. The highest BCUT2D eigenvalue weighted by Crippen LogP contribution is 2.09. The molecule has 0 bridgehead atoms. The minimum absolute atomic E-state index is 0.118. The molecule has 0 unspecified atom stereocenters. The van der Waals surface area contributed by atoms with Crippen molar-refractivity contribution in [2.24, 2.45) is 5.10 Å². The van der Waals surface area contributed by atoms with E-state index in [-0.39, 0.29) is 18.4 Å². The van der Waals surface area contributed by atoms with E-state index in [0.717, 1.165) is 16.0 Å². The lowest BCUT2D eigenvalue weighted by Crippen LogP contribution is -2.34. The third kappa shape index (κ3) is 4.53. The lowest BCUT2D eigenvalue weighted by atomic mass is 10.1. The first-order chi connectivity index (χ1) is 10.6. The fourth-order valence-corrected chi connectivity index (χ4v) is 2.30. The number of carbonyl (C=O) groups is 2. The van der Waals surface area contributed by atoms with E-state index in [0.29, 0.717) is 5.56 Å². The highest BCUT2D eigenvalue weighted by atomic mass is 32.1. The normalized spacial score (nSPS) is 10.6. The van der Waals surface area contributed by atoms with Gasteiger partial charge in [0.1, 0.15) is 0 Å². The van der Waals surface area contributed by atoms with E-state index in [2.05, 4.69) is 15.8 Å². The molecule has 0 fully saturated rings. The van der Waals surface area contributed by atoms with Crippen LogP contribution in [0.4, 0.5) is 0 Å². The zero-order chi connectivity index (χ0) is 15.9. The van der Waals surface area contributed by atoms with Crippen LogP contribution in [0.25, 0.3) is 0 Å². The van der Waals surface area contributed by atoms with Gasteiger partial charge in [-0.2, -0.15) is 5.10 Å². The Balaban J connectivity index is 1.80. The van der Waals surface area contributed by atoms with Crippen LogP contribution < -0.4 is 10.7 Å². The Labute approximate surface area is 133 Å². The van der Waals surface area contributed by atoms with Gasteiger partial charge in [0.2, 0.25) is 0 Å². The monoisotopic (exact) mass is 315 g/mol. The molecule has 0 saturated heterocycles. The van der Waals surface area contributed by atoms with E-state index in [9.17, 15) is 9.59 Å². The van der Waals surface area contributed by atoms with Crippen LogP contribution in [0.2, 0.25) is 0 Å². The Hall–Kier alpha value is -2.47. The summed E-state index contributed by atoms with van der Waals surface area (Å²) < 4.78 is 0. The standard InChI is InChI=1S/C16H17N3O2S/c1-11-5-6-13(8-12(11)2)16(21)17-10-15(20)19-18-9-14-4-3-7-22-14/h3-9H,10H2,1-2H3,(H,17,21)(H,19,20). The molecule has 1 aromatic carbocycles. The summed E-state index contributed by atoms with van der Waals surface area (Å²) in [4.78, 5) is 24.5. The molecule has 1 heterocycles. The van der Waals surface area contributed by atoms with Crippen LogP contribution in [0.15, 0.2) is 40.8 Å². The lowest BCUT2D eigenvalue weighted by Gasteiger charge is -2.06. The summed E-state index contributed by atoms with van der Waals surface area (Å²) in [7, 11) is 0. The van der Waals surface area contributed by atoms with Gasteiger partial charge in [0.05, 0.1) is 12.8 Å². The predicted octanol–water partition coefficient (Wildman–Crippen LogP) is 2.25. The summed E-state index contributed by atoms with van der Waals surface area (Å²) in [6, 6.07) is 9.22. The number of aryl methyl sites for hydroxylation is 2. The fraction of sp³-hybridized carbons (Fsp3) is 0.188. The van der Waals surface area contributed by atoms with Crippen molar-refractivity contribution in [2.45, 2.75) is 13.8 Å². The number of hydrogen-bond acceptors (Lipinski definition) is 4. The van der Waals surface area contributed by atoms with Crippen molar-refractivity contribution in [3.8, 4) is 0 Å². The first kappa shape index (κ1) is 15.9. The van der Waals surface area contributed by atoms with Crippen LogP contribution in [0.1, 0.15) is 26.4 Å². The predicted molar refractivity (Wildman–Crippen MR) is 88.3 cm³/mol. The SMILES string of the molecule is Cc1ccc(C(=O)NCC(=O)NN=Cc2cccs2)cc1C. The molecule has 0 spiro atoms. The van der Waals surface area contributed by atoms with E-state index in [4.69, 9.17) is 0 Å². The van der Waals surface area contributed by atoms with Gasteiger partial charge in [0.25, 0.3) is 11.8 Å². The number of benzene rings is 1. The van der Waals surface area contributed by atoms with Crippen LogP contribution >= 0.6 is 11.3 Å². The first-order valence-electron chi connectivity index (χ1n) is 6.77. The van der Waals surface area contributed by atoms with Gasteiger partial charge in [-0.15, -0.1) is 11.3 Å². The lowest BCUT2D eigenvalue weighted by molar-refractivity contribution is -0.120. The molecule has 5 nitrogen and oxygen atoms in total. The van der Waals surface area contributed by atoms with Crippen molar-refractivity contribution in [3.05, 3.63) is 57.3 Å². The molecular formula is C16H17N3O2S. The quantitative estimate of drug-likeness (QED) is 0.656. The second-order valence-electron chi connectivity index (χ2n) is 4.79. The number of amides is 2. The Morgan fingerprint density at radius 2 is 2.05 bits per heavy atom. The number of thiophene rings is 1. The molecule has 2 N–H and O–H groups in total. The van der Waals surface area contributed by atoms with Gasteiger partial charge in [-0.1, -0.05) is 12.1 Å². The summed E-state index contributed by atoms with van der Waals surface area (Å²) in [5.41, 5.74) is 5.07. The second-order valence-corrected chi connectivity index (χ2v) is 5.77. The number of nitrogens with zero attached hydrogens (tertiary/aromatic N) is 1. The van der Waals surface area contributed by atoms with Crippen molar-refractivity contribution in [3.63, 3.8) is 0 Å². The highest BCUT2D eigenvalue weighted by molar-refractivity contribution is 7.11. The van der Waals surface area contributed by atoms with Gasteiger partial charge >= 0.3 is 0 Å². The molecule has 0 radical (unpaired) electrons. The number of hydrazone groups is 1.